The van der Waals surface area contributed by atoms with Gasteiger partial charge < -0.3 is 0 Å². The summed E-state index contributed by atoms with van der Waals surface area (Å²) in [5, 5.41) is 3.06. The second-order valence-electron chi connectivity index (χ2n) is 4.53. The second-order valence-corrected chi connectivity index (χ2v) is 5.44. The molecule has 0 atom stereocenters. The molecule has 0 radical (unpaired) electrons. The summed E-state index contributed by atoms with van der Waals surface area (Å²) in [6, 6.07) is 13.9. The number of carbonyl (C=O) groups excluding carboxylic acids is 1. The van der Waals surface area contributed by atoms with Crippen molar-refractivity contribution in [3.63, 3.8) is 0 Å². The Hall–Kier alpha value is -2.00. The van der Waals surface area contributed by atoms with Crippen LogP contribution in [0.3, 0.4) is 0 Å². The van der Waals surface area contributed by atoms with Gasteiger partial charge >= 0.3 is 0 Å². The monoisotopic (exact) mass is 267 g/mol. The van der Waals surface area contributed by atoms with Crippen LogP contribution in [0.4, 0.5) is 0 Å². The van der Waals surface area contributed by atoms with Crippen molar-refractivity contribution in [1.82, 2.24) is 4.98 Å². The van der Waals surface area contributed by atoms with Crippen LogP contribution in [0.25, 0.3) is 10.9 Å². The van der Waals surface area contributed by atoms with Gasteiger partial charge in [-0.05, 0) is 36.1 Å². The zero-order chi connectivity index (χ0) is 13.2. The van der Waals surface area contributed by atoms with Gasteiger partial charge in [-0.2, -0.15) is 0 Å². The lowest BCUT2D eigenvalue weighted by molar-refractivity contribution is 0.0995. The number of Topliss-reactive ketones (excluding diaryl/α,β-unsaturated/α-hetero) is 1. The van der Waals surface area contributed by atoms with E-state index in [2.05, 4.69) is 4.98 Å². The van der Waals surface area contributed by atoms with Crippen LogP contribution in [0.2, 0.25) is 0 Å². The van der Waals surface area contributed by atoms with E-state index in [4.69, 9.17) is 0 Å². The molecular weight excluding hydrogens is 254 g/mol. The Bertz CT molecular complexity index is 745. The third-order valence-electron chi connectivity index (χ3n) is 3.11. The Morgan fingerprint density at radius 1 is 1.16 bits per heavy atom. The predicted octanol–water partition coefficient (Wildman–Crippen LogP) is 4.03. The molecule has 0 aliphatic carbocycles. The summed E-state index contributed by atoms with van der Waals surface area (Å²) in [5.41, 5.74) is 2.82. The number of aryl methyl sites for hydroxylation is 1. The van der Waals surface area contributed by atoms with E-state index in [0.717, 1.165) is 27.0 Å². The molecule has 0 aliphatic rings. The van der Waals surface area contributed by atoms with Gasteiger partial charge in [-0.1, -0.05) is 24.3 Å². The smallest absolute Gasteiger partial charge is 0.178 e. The van der Waals surface area contributed by atoms with E-state index in [-0.39, 0.29) is 5.78 Å². The van der Waals surface area contributed by atoms with Crippen LogP contribution in [-0.2, 0) is 6.42 Å². The van der Waals surface area contributed by atoms with Crippen molar-refractivity contribution in [1.29, 1.82) is 0 Å². The lowest BCUT2D eigenvalue weighted by atomic mass is 10.1. The van der Waals surface area contributed by atoms with Crippen molar-refractivity contribution in [2.75, 3.05) is 0 Å². The fourth-order valence-electron chi connectivity index (χ4n) is 2.11. The van der Waals surface area contributed by atoms with Crippen molar-refractivity contribution < 1.29 is 4.79 Å². The third kappa shape index (κ3) is 2.42. The minimum atomic E-state index is 0.148. The Labute approximate surface area is 115 Å². The number of ketones is 1. The van der Waals surface area contributed by atoms with E-state index in [1.165, 1.54) is 11.3 Å². The first-order valence-corrected chi connectivity index (χ1v) is 7.04. The van der Waals surface area contributed by atoms with Gasteiger partial charge in [-0.3, -0.25) is 9.78 Å². The molecule has 2 heterocycles. The van der Waals surface area contributed by atoms with Crippen molar-refractivity contribution in [2.24, 2.45) is 0 Å². The van der Waals surface area contributed by atoms with Gasteiger partial charge in [0.2, 0.25) is 0 Å². The van der Waals surface area contributed by atoms with Gasteiger partial charge in [0.1, 0.15) is 0 Å². The highest BCUT2D eigenvalue weighted by Gasteiger charge is 2.12. The van der Waals surface area contributed by atoms with Gasteiger partial charge in [-0.25, -0.2) is 0 Å². The number of nitrogens with zero attached hydrogens (tertiary/aromatic N) is 1. The summed E-state index contributed by atoms with van der Waals surface area (Å²) in [5.74, 6) is 0.148. The quantitative estimate of drug-likeness (QED) is 0.671. The molecule has 0 N–H and O–H groups in total. The van der Waals surface area contributed by atoms with Gasteiger partial charge in [0, 0.05) is 11.1 Å². The maximum atomic E-state index is 12.2. The molecule has 0 unspecified atom stereocenters. The molecule has 3 heteroatoms. The highest BCUT2D eigenvalue weighted by Crippen LogP contribution is 2.19. The molecule has 3 aromatic rings. The van der Waals surface area contributed by atoms with Crippen LogP contribution in [-0.4, -0.2) is 10.8 Å². The molecule has 0 spiro atoms. The predicted molar refractivity (Wildman–Crippen MR) is 78.8 cm³/mol. The summed E-state index contributed by atoms with van der Waals surface area (Å²) in [4.78, 5) is 17.6. The molecule has 3 rings (SSSR count). The molecule has 94 valence electrons. The van der Waals surface area contributed by atoms with Crippen LogP contribution in [0.15, 0.2) is 47.8 Å². The lowest BCUT2D eigenvalue weighted by Gasteiger charge is -2.02. The summed E-state index contributed by atoms with van der Waals surface area (Å²) in [7, 11) is 0. The van der Waals surface area contributed by atoms with E-state index in [9.17, 15) is 4.79 Å². The van der Waals surface area contributed by atoms with E-state index in [1.54, 1.807) is 0 Å². The first-order chi connectivity index (χ1) is 9.24. The fourth-order valence-corrected chi connectivity index (χ4v) is 2.98. The SMILES string of the molecule is Cc1ccsc1C(=O)Cc1ccc2ccccc2n1. The maximum absolute atomic E-state index is 12.2. The van der Waals surface area contributed by atoms with E-state index >= 15 is 0 Å². The first kappa shape index (κ1) is 12.1. The molecule has 0 fully saturated rings. The highest BCUT2D eigenvalue weighted by atomic mass is 32.1. The number of carbonyl (C=O) groups is 1. The number of para-hydroxylation sites is 1. The number of hydrogen-bond acceptors (Lipinski definition) is 3. The standard InChI is InChI=1S/C16H13NOS/c1-11-8-9-19-16(11)15(18)10-13-7-6-12-4-2-3-5-14(12)17-13/h2-9H,10H2,1H3. The Kier molecular flexibility index (Phi) is 3.13. The molecule has 0 amide bonds. The number of benzene rings is 1. The molecule has 0 saturated heterocycles. The first-order valence-electron chi connectivity index (χ1n) is 6.16. The van der Waals surface area contributed by atoms with Crippen LogP contribution in [0.1, 0.15) is 20.9 Å². The largest absolute Gasteiger partial charge is 0.293 e. The normalized spacial score (nSPS) is 10.8. The molecular formula is C16H13NOS. The highest BCUT2D eigenvalue weighted by molar-refractivity contribution is 7.12. The van der Waals surface area contributed by atoms with Gasteiger partial charge in [0.05, 0.1) is 16.8 Å². The molecule has 2 nitrogen and oxygen atoms in total. The number of aromatic nitrogens is 1. The molecule has 19 heavy (non-hydrogen) atoms. The Morgan fingerprint density at radius 2 is 2.00 bits per heavy atom. The number of thiophene rings is 1. The zero-order valence-electron chi connectivity index (χ0n) is 10.6. The lowest BCUT2D eigenvalue weighted by Crippen LogP contribution is -2.04. The molecule has 1 aromatic carbocycles. The number of fused-ring (bicyclic) bond motifs is 1. The van der Waals surface area contributed by atoms with E-state index in [0.29, 0.717) is 6.42 Å². The minimum Gasteiger partial charge on any atom is -0.293 e. The third-order valence-corrected chi connectivity index (χ3v) is 4.17. The number of pyridine rings is 1. The summed E-state index contributed by atoms with van der Waals surface area (Å²) in [6.45, 7) is 1.97. The number of hydrogen-bond donors (Lipinski definition) is 0. The summed E-state index contributed by atoms with van der Waals surface area (Å²) in [6.07, 6.45) is 0.367. The molecule has 0 saturated carbocycles. The average molecular weight is 267 g/mol. The van der Waals surface area contributed by atoms with Crippen LogP contribution in [0.5, 0.6) is 0 Å². The van der Waals surface area contributed by atoms with Crippen molar-refractivity contribution >= 4 is 28.0 Å². The van der Waals surface area contributed by atoms with Crippen molar-refractivity contribution in [3.8, 4) is 0 Å². The Balaban J connectivity index is 1.89. The summed E-state index contributed by atoms with van der Waals surface area (Å²) < 4.78 is 0. The van der Waals surface area contributed by atoms with Crippen LogP contribution in [0, 0.1) is 6.92 Å². The Morgan fingerprint density at radius 3 is 2.79 bits per heavy atom. The van der Waals surface area contributed by atoms with Crippen molar-refractivity contribution in [2.45, 2.75) is 13.3 Å². The van der Waals surface area contributed by atoms with Crippen molar-refractivity contribution in [3.05, 3.63) is 64.0 Å². The van der Waals surface area contributed by atoms with Crippen LogP contribution >= 0.6 is 11.3 Å². The average Bonchev–Trinajstić information content (AvgIpc) is 2.85. The number of rotatable bonds is 3. The summed E-state index contributed by atoms with van der Waals surface area (Å²) >= 11 is 1.50. The van der Waals surface area contributed by atoms with Gasteiger partial charge in [-0.15, -0.1) is 11.3 Å². The van der Waals surface area contributed by atoms with E-state index < -0.39 is 0 Å². The zero-order valence-corrected chi connectivity index (χ0v) is 11.4. The molecule has 0 bridgehead atoms. The minimum absolute atomic E-state index is 0.148. The van der Waals surface area contributed by atoms with Gasteiger partial charge in [0.25, 0.3) is 0 Å². The van der Waals surface area contributed by atoms with Crippen LogP contribution < -0.4 is 0 Å². The maximum Gasteiger partial charge on any atom is 0.178 e. The van der Waals surface area contributed by atoms with E-state index in [1.807, 2.05) is 54.8 Å². The molecule has 0 aliphatic heterocycles. The topological polar surface area (TPSA) is 30.0 Å². The molecule has 2 aromatic heterocycles. The fraction of sp³-hybridized carbons (Fsp3) is 0.125. The van der Waals surface area contributed by atoms with Gasteiger partial charge in [0.15, 0.2) is 5.78 Å². The second kappa shape index (κ2) is 4.94.